The second kappa shape index (κ2) is 6.86. The van der Waals surface area contributed by atoms with Crippen LogP contribution in [0.25, 0.3) is 11.6 Å². The molecule has 1 amide bonds. The molecule has 0 atom stereocenters. The van der Waals surface area contributed by atoms with E-state index >= 15 is 0 Å². The van der Waals surface area contributed by atoms with E-state index in [1.807, 2.05) is 0 Å². The maximum atomic E-state index is 13.1. The minimum Gasteiger partial charge on any atom is -0.329 e. The van der Waals surface area contributed by atoms with E-state index in [9.17, 15) is 18.0 Å². The Morgan fingerprint density at radius 3 is 2.54 bits per heavy atom. The van der Waals surface area contributed by atoms with E-state index in [2.05, 4.69) is 20.2 Å². The Bertz CT molecular complexity index is 1040. The van der Waals surface area contributed by atoms with Crippen LogP contribution < -0.4 is 0 Å². The second-order valence-corrected chi connectivity index (χ2v) is 6.43. The zero-order valence-electron chi connectivity index (χ0n) is 14.2. The normalized spacial score (nSPS) is 14.1. The third-order valence-corrected chi connectivity index (χ3v) is 4.75. The molecule has 0 saturated heterocycles. The van der Waals surface area contributed by atoms with Crippen LogP contribution >= 0.6 is 11.6 Å². The Balaban J connectivity index is 1.61. The summed E-state index contributed by atoms with van der Waals surface area (Å²) in [6.45, 7) is 0.708. The second-order valence-electron chi connectivity index (χ2n) is 6.06. The van der Waals surface area contributed by atoms with E-state index in [1.54, 1.807) is 23.0 Å². The standard InChI is InChI=1S/C17H12ClF3N6O/c18-13-10(3-1-4-11(13)17(19,20)21)16(28)26-7-8-27-12(9-26)24-25-15(27)14-22-5-2-6-23-14/h1-6H,7-9H2. The molecule has 0 bridgehead atoms. The number of halogens is 4. The highest BCUT2D eigenvalue weighted by molar-refractivity contribution is 6.34. The van der Waals surface area contributed by atoms with Crippen LogP contribution in [0, 0.1) is 0 Å². The van der Waals surface area contributed by atoms with Crippen molar-refractivity contribution in [3.63, 3.8) is 0 Å². The van der Waals surface area contributed by atoms with Crippen LogP contribution in [0.5, 0.6) is 0 Å². The van der Waals surface area contributed by atoms with Gasteiger partial charge in [0.05, 0.1) is 22.7 Å². The van der Waals surface area contributed by atoms with Crippen molar-refractivity contribution in [2.75, 3.05) is 6.54 Å². The summed E-state index contributed by atoms with van der Waals surface area (Å²) >= 11 is 5.87. The van der Waals surface area contributed by atoms with Gasteiger partial charge in [-0.05, 0) is 18.2 Å². The molecule has 1 aromatic carbocycles. The van der Waals surface area contributed by atoms with Gasteiger partial charge < -0.3 is 9.47 Å². The Labute approximate surface area is 161 Å². The highest BCUT2D eigenvalue weighted by Gasteiger charge is 2.36. The first-order valence-corrected chi connectivity index (χ1v) is 8.58. The van der Waals surface area contributed by atoms with Gasteiger partial charge in [-0.15, -0.1) is 10.2 Å². The number of hydrogen-bond acceptors (Lipinski definition) is 5. The number of fused-ring (bicyclic) bond motifs is 1. The van der Waals surface area contributed by atoms with Crippen molar-refractivity contribution >= 4 is 17.5 Å². The smallest absolute Gasteiger partial charge is 0.329 e. The predicted molar refractivity (Wildman–Crippen MR) is 92.2 cm³/mol. The molecule has 0 fully saturated rings. The predicted octanol–water partition coefficient (Wildman–Crippen LogP) is 3.06. The number of rotatable bonds is 2. The highest BCUT2D eigenvalue weighted by Crippen LogP contribution is 2.36. The molecule has 144 valence electrons. The molecule has 28 heavy (non-hydrogen) atoms. The number of amides is 1. The minimum atomic E-state index is -4.64. The number of alkyl halides is 3. The number of aromatic nitrogens is 5. The van der Waals surface area contributed by atoms with E-state index in [0.717, 1.165) is 6.07 Å². The van der Waals surface area contributed by atoms with Crippen LogP contribution in [0.4, 0.5) is 13.2 Å². The number of hydrogen-bond donors (Lipinski definition) is 0. The van der Waals surface area contributed by atoms with E-state index in [4.69, 9.17) is 11.6 Å². The van der Waals surface area contributed by atoms with Crippen LogP contribution in [0.15, 0.2) is 36.7 Å². The molecule has 1 aliphatic rings. The third kappa shape index (κ3) is 3.19. The Kier molecular flexibility index (Phi) is 4.50. The lowest BCUT2D eigenvalue weighted by Gasteiger charge is -2.28. The third-order valence-electron chi connectivity index (χ3n) is 4.34. The van der Waals surface area contributed by atoms with E-state index < -0.39 is 22.7 Å². The van der Waals surface area contributed by atoms with Crippen LogP contribution in [-0.2, 0) is 19.3 Å². The first-order valence-electron chi connectivity index (χ1n) is 8.20. The van der Waals surface area contributed by atoms with Gasteiger partial charge in [0, 0.05) is 25.5 Å². The number of nitrogens with zero attached hydrogens (tertiary/aromatic N) is 6. The molecule has 0 radical (unpaired) electrons. The van der Waals surface area contributed by atoms with Crippen LogP contribution in [0.1, 0.15) is 21.7 Å². The molecule has 11 heteroatoms. The number of benzene rings is 1. The molecule has 3 heterocycles. The van der Waals surface area contributed by atoms with Gasteiger partial charge >= 0.3 is 6.18 Å². The molecular formula is C17H12ClF3N6O. The van der Waals surface area contributed by atoms with Gasteiger partial charge in [0.1, 0.15) is 0 Å². The molecule has 0 spiro atoms. The summed E-state index contributed by atoms with van der Waals surface area (Å²) in [5, 5.41) is 7.53. The molecule has 7 nitrogen and oxygen atoms in total. The van der Waals surface area contributed by atoms with E-state index in [1.165, 1.54) is 17.0 Å². The van der Waals surface area contributed by atoms with Gasteiger partial charge in [-0.3, -0.25) is 4.79 Å². The fourth-order valence-corrected chi connectivity index (χ4v) is 3.31. The zero-order valence-corrected chi connectivity index (χ0v) is 14.9. The summed E-state index contributed by atoms with van der Waals surface area (Å²) in [5.74, 6) is 0.773. The maximum absolute atomic E-state index is 13.1. The van der Waals surface area contributed by atoms with Crippen molar-refractivity contribution in [2.24, 2.45) is 0 Å². The lowest BCUT2D eigenvalue weighted by Crippen LogP contribution is -2.38. The van der Waals surface area contributed by atoms with Crippen molar-refractivity contribution in [1.29, 1.82) is 0 Å². The summed E-state index contributed by atoms with van der Waals surface area (Å²) in [4.78, 5) is 22.4. The van der Waals surface area contributed by atoms with Gasteiger partial charge in [-0.25, -0.2) is 9.97 Å². The van der Waals surface area contributed by atoms with Gasteiger partial charge in [0.15, 0.2) is 11.6 Å². The molecule has 3 aromatic rings. The summed E-state index contributed by atoms with van der Waals surface area (Å²) in [5.41, 5.74) is -1.24. The number of carbonyl (C=O) groups is 1. The lowest BCUT2D eigenvalue weighted by atomic mass is 10.1. The fourth-order valence-electron chi connectivity index (χ4n) is 3.00. The topological polar surface area (TPSA) is 76.8 Å². The largest absolute Gasteiger partial charge is 0.417 e. The quantitative estimate of drug-likeness (QED) is 0.651. The van der Waals surface area contributed by atoms with Gasteiger partial charge in [0.25, 0.3) is 5.91 Å². The van der Waals surface area contributed by atoms with Gasteiger partial charge in [-0.2, -0.15) is 13.2 Å². The van der Waals surface area contributed by atoms with Gasteiger partial charge in [0.2, 0.25) is 5.82 Å². The Hall–Kier alpha value is -3.01. The zero-order chi connectivity index (χ0) is 19.9. The van der Waals surface area contributed by atoms with E-state index in [-0.39, 0.29) is 18.7 Å². The first-order chi connectivity index (χ1) is 13.4. The van der Waals surface area contributed by atoms with Crippen molar-refractivity contribution in [1.82, 2.24) is 29.6 Å². The molecule has 1 aliphatic heterocycles. The van der Waals surface area contributed by atoms with Crippen molar-refractivity contribution in [2.45, 2.75) is 19.3 Å². The Morgan fingerprint density at radius 1 is 1.07 bits per heavy atom. The summed E-state index contributed by atoms with van der Waals surface area (Å²) in [6, 6.07) is 4.97. The van der Waals surface area contributed by atoms with Crippen LogP contribution in [-0.4, -0.2) is 42.1 Å². The summed E-state index contributed by atoms with van der Waals surface area (Å²) in [6.07, 6.45) is -1.48. The van der Waals surface area contributed by atoms with Crippen molar-refractivity contribution in [3.8, 4) is 11.6 Å². The molecule has 2 aromatic heterocycles. The SMILES string of the molecule is O=C(c1cccc(C(F)(F)F)c1Cl)N1CCn2c(nnc2-c2ncccn2)C1. The molecule has 0 saturated carbocycles. The lowest BCUT2D eigenvalue weighted by molar-refractivity contribution is -0.137. The number of carbonyl (C=O) groups excluding carboxylic acids is 1. The van der Waals surface area contributed by atoms with Crippen LogP contribution in [0.2, 0.25) is 5.02 Å². The maximum Gasteiger partial charge on any atom is 0.417 e. The summed E-state index contributed by atoms with van der Waals surface area (Å²) in [7, 11) is 0. The molecule has 0 unspecified atom stereocenters. The molecule has 0 N–H and O–H groups in total. The van der Waals surface area contributed by atoms with Crippen LogP contribution in [0.3, 0.4) is 0 Å². The minimum absolute atomic E-state index is 0.0885. The highest BCUT2D eigenvalue weighted by atomic mass is 35.5. The Morgan fingerprint density at radius 2 is 1.82 bits per heavy atom. The van der Waals surface area contributed by atoms with Crippen molar-refractivity contribution < 1.29 is 18.0 Å². The van der Waals surface area contributed by atoms with Crippen molar-refractivity contribution in [3.05, 3.63) is 58.6 Å². The molecule has 4 rings (SSSR count). The van der Waals surface area contributed by atoms with Gasteiger partial charge in [-0.1, -0.05) is 17.7 Å². The molecular weight excluding hydrogens is 397 g/mol. The van der Waals surface area contributed by atoms with E-state index in [0.29, 0.717) is 24.0 Å². The average Bonchev–Trinajstić information content (AvgIpc) is 3.10. The monoisotopic (exact) mass is 408 g/mol. The fraction of sp³-hybridized carbons (Fsp3) is 0.235. The molecule has 0 aliphatic carbocycles. The summed E-state index contributed by atoms with van der Waals surface area (Å²) < 4.78 is 40.9. The first kappa shape index (κ1) is 18.4. The average molecular weight is 409 g/mol.